The summed E-state index contributed by atoms with van der Waals surface area (Å²) in [4.78, 5) is 14.4. The van der Waals surface area contributed by atoms with Gasteiger partial charge < -0.3 is 10.4 Å². The Morgan fingerprint density at radius 3 is 2.71 bits per heavy atom. The summed E-state index contributed by atoms with van der Waals surface area (Å²) < 4.78 is 0. The molecule has 118 valence electrons. The third-order valence-corrected chi connectivity index (χ3v) is 4.87. The summed E-state index contributed by atoms with van der Waals surface area (Å²) in [6.07, 6.45) is 7.38. The van der Waals surface area contributed by atoms with Gasteiger partial charge in [-0.25, -0.2) is 0 Å². The number of likely N-dealkylation sites (tertiary alicyclic amines) is 1. The highest BCUT2D eigenvalue weighted by Crippen LogP contribution is 2.27. The van der Waals surface area contributed by atoms with E-state index in [1.807, 2.05) is 0 Å². The topological polar surface area (TPSA) is 76.4 Å². The van der Waals surface area contributed by atoms with Gasteiger partial charge in [-0.15, -0.1) is 0 Å². The van der Waals surface area contributed by atoms with E-state index in [-0.39, 0.29) is 11.9 Å². The van der Waals surface area contributed by atoms with Crippen molar-refractivity contribution < 1.29 is 9.90 Å². The number of nitrogens with one attached hydrogen (secondary N) is 1. The van der Waals surface area contributed by atoms with Gasteiger partial charge in [-0.2, -0.15) is 5.26 Å². The second-order valence-electron chi connectivity index (χ2n) is 6.58. The first kappa shape index (κ1) is 16.3. The third kappa shape index (κ3) is 4.18. The Hall–Kier alpha value is -1.12. The molecule has 1 amide bonds. The second-order valence-corrected chi connectivity index (χ2v) is 6.58. The van der Waals surface area contributed by atoms with Gasteiger partial charge in [-0.05, 0) is 39.2 Å². The van der Waals surface area contributed by atoms with E-state index in [2.05, 4.69) is 16.3 Å². The molecule has 2 atom stereocenters. The minimum atomic E-state index is -0.661. The molecule has 5 heteroatoms. The molecule has 0 bridgehead atoms. The van der Waals surface area contributed by atoms with E-state index in [4.69, 9.17) is 0 Å². The van der Waals surface area contributed by atoms with Crippen molar-refractivity contribution in [2.24, 2.45) is 0 Å². The molecule has 1 aliphatic heterocycles. The summed E-state index contributed by atoms with van der Waals surface area (Å²) >= 11 is 0. The summed E-state index contributed by atoms with van der Waals surface area (Å²) in [7, 11) is 0. The van der Waals surface area contributed by atoms with Crippen LogP contribution in [0, 0.1) is 11.3 Å². The molecule has 1 aliphatic carbocycles. The molecule has 0 spiro atoms. The van der Waals surface area contributed by atoms with Crippen LogP contribution in [0.4, 0.5) is 0 Å². The molecule has 2 aliphatic rings. The third-order valence-electron chi connectivity index (χ3n) is 4.87. The maximum Gasteiger partial charge on any atom is 0.235 e. The summed E-state index contributed by atoms with van der Waals surface area (Å²) in [5, 5.41) is 22.2. The van der Waals surface area contributed by atoms with E-state index < -0.39 is 11.6 Å². The van der Waals surface area contributed by atoms with Crippen LogP contribution >= 0.6 is 0 Å². The molecule has 0 radical (unpaired) electrons. The Morgan fingerprint density at radius 2 is 2.10 bits per heavy atom. The van der Waals surface area contributed by atoms with E-state index in [9.17, 15) is 15.2 Å². The highest BCUT2D eigenvalue weighted by Gasteiger charge is 2.35. The molecule has 5 nitrogen and oxygen atoms in total. The van der Waals surface area contributed by atoms with E-state index >= 15 is 0 Å². The van der Waals surface area contributed by atoms with Gasteiger partial charge in [0.25, 0.3) is 0 Å². The highest BCUT2D eigenvalue weighted by atomic mass is 16.3. The molecule has 0 aromatic heterocycles. The Labute approximate surface area is 127 Å². The smallest absolute Gasteiger partial charge is 0.235 e. The summed E-state index contributed by atoms with van der Waals surface area (Å²) in [6, 6.07) is 2.38. The van der Waals surface area contributed by atoms with Crippen molar-refractivity contribution in [3.63, 3.8) is 0 Å². The second kappa shape index (κ2) is 7.24. The predicted octanol–water partition coefficient (Wildman–Crippen LogP) is 1.56. The standard InChI is InChI=1S/C16H27N3O2/c1-13(20)14-7-3-6-10-19(14)11-15(21)18-16(12-17)8-4-2-5-9-16/h13-14,20H,2-11H2,1H3,(H,18,21). The molecule has 2 unspecified atom stereocenters. The fraction of sp³-hybridized carbons (Fsp3) is 0.875. The Morgan fingerprint density at radius 1 is 1.38 bits per heavy atom. The molecule has 0 aromatic rings. The van der Waals surface area contributed by atoms with Crippen molar-refractivity contribution in [1.82, 2.24) is 10.2 Å². The molecular weight excluding hydrogens is 266 g/mol. The quantitative estimate of drug-likeness (QED) is 0.825. The maximum atomic E-state index is 12.3. The van der Waals surface area contributed by atoms with Crippen molar-refractivity contribution in [2.75, 3.05) is 13.1 Å². The molecule has 1 heterocycles. The number of nitriles is 1. The lowest BCUT2D eigenvalue weighted by atomic mass is 9.83. The van der Waals surface area contributed by atoms with Gasteiger partial charge in [0.1, 0.15) is 5.54 Å². The Kier molecular flexibility index (Phi) is 5.60. The summed E-state index contributed by atoms with van der Waals surface area (Å²) in [6.45, 7) is 2.93. The zero-order chi connectivity index (χ0) is 15.3. The number of hydrogen-bond acceptors (Lipinski definition) is 4. The van der Waals surface area contributed by atoms with Gasteiger partial charge in [0.15, 0.2) is 0 Å². The number of aliphatic hydroxyl groups excluding tert-OH is 1. The van der Waals surface area contributed by atoms with Gasteiger partial charge in [0, 0.05) is 6.04 Å². The van der Waals surface area contributed by atoms with Crippen LogP contribution in [0.5, 0.6) is 0 Å². The van der Waals surface area contributed by atoms with E-state index in [1.165, 1.54) is 0 Å². The minimum absolute atomic E-state index is 0.0638. The number of carbonyl (C=O) groups excluding carboxylic acids is 1. The summed E-state index contributed by atoms with van der Waals surface area (Å²) in [5.41, 5.74) is -0.661. The average Bonchev–Trinajstić information content (AvgIpc) is 2.48. The van der Waals surface area contributed by atoms with Crippen LogP contribution in [0.1, 0.15) is 58.3 Å². The van der Waals surface area contributed by atoms with Gasteiger partial charge in [0.2, 0.25) is 5.91 Å². The molecule has 2 fully saturated rings. The van der Waals surface area contributed by atoms with E-state index in [1.54, 1.807) is 6.92 Å². The van der Waals surface area contributed by atoms with Crippen molar-refractivity contribution in [1.29, 1.82) is 5.26 Å². The maximum absolute atomic E-state index is 12.3. The predicted molar refractivity (Wildman–Crippen MR) is 80.5 cm³/mol. The number of amides is 1. The first-order valence-electron chi connectivity index (χ1n) is 8.21. The SMILES string of the molecule is CC(O)C1CCCCN1CC(=O)NC1(C#N)CCCCC1. The number of carbonyl (C=O) groups is 1. The van der Waals surface area contributed by atoms with Crippen molar-refractivity contribution in [2.45, 2.75) is 76.0 Å². The Bertz CT molecular complexity index is 397. The minimum Gasteiger partial charge on any atom is -0.392 e. The van der Waals surface area contributed by atoms with Crippen LogP contribution in [0.15, 0.2) is 0 Å². The molecular formula is C16H27N3O2. The van der Waals surface area contributed by atoms with Crippen LogP contribution in [0.2, 0.25) is 0 Å². The number of nitrogens with zero attached hydrogens (tertiary/aromatic N) is 2. The first-order valence-corrected chi connectivity index (χ1v) is 8.21. The lowest BCUT2D eigenvalue weighted by molar-refractivity contribution is -0.125. The van der Waals surface area contributed by atoms with Gasteiger partial charge in [-0.3, -0.25) is 9.69 Å². The van der Waals surface area contributed by atoms with E-state index in [0.29, 0.717) is 6.54 Å². The van der Waals surface area contributed by atoms with E-state index in [0.717, 1.165) is 57.9 Å². The van der Waals surface area contributed by atoms with Crippen molar-refractivity contribution in [3.05, 3.63) is 0 Å². The van der Waals surface area contributed by atoms with Crippen LogP contribution in [-0.4, -0.2) is 46.7 Å². The number of rotatable bonds is 4. The molecule has 2 rings (SSSR count). The first-order chi connectivity index (χ1) is 10.1. The number of hydrogen-bond donors (Lipinski definition) is 2. The normalized spacial score (nSPS) is 27.6. The monoisotopic (exact) mass is 293 g/mol. The fourth-order valence-electron chi connectivity index (χ4n) is 3.67. The van der Waals surface area contributed by atoms with Crippen molar-refractivity contribution in [3.8, 4) is 6.07 Å². The molecule has 0 aromatic carbocycles. The van der Waals surface area contributed by atoms with Gasteiger partial charge >= 0.3 is 0 Å². The number of aliphatic hydroxyl groups is 1. The molecule has 21 heavy (non-hydrogen) atoms. The zero-order valence-electron chi connectivity index (χ0n) is 13.0. The van der Waals surface area contributed by atoms with Crippen LogP contribution in [-0.2, 0) is 4.79 Å². The zero-order valence-corrected chi connectivity index (χ0v) is 13.0. The van der Waals surface area contributed by atoms with Crippen LogP contribution in [0.25, 0.3) is 0 Å². The Balaban J connectivity index is 1.92. The number of piperidine rings is 1. The lowest BCUT2D eigenvalue weighted by Crippen LogP contribution is -2.54. The molecule has 2 N–H and O–H groups in total. The molecule has 1 saturated carbocycles. The largest absolute Gasteiger partial charge is 0.392 e. The van der Waals surface area contributed by atoms with Crippen molar-refractivity contribution >= 4 is 5.91 Å². The van der Waals surface area contributed by atoms with Gasteiger partial charge in [0.05, 0.1) is 18.7 Å². The van der Waals surface area contributed by atoms with Crippen LogP contribution < -0.4 is 5.32 Å². The lowest BCUT2D eigenvalue weighted by Gasteiger charge is -2.38. The summed E-state index contributed by atoms with van der Waals surface area (Å²) in [5.74, 6) is -0.0778. The van der Waals surface area contributed by atoms with Crippen LogP contribution in [0.3, 0.4) is 0 Å². The molecule has 1 saturated heterocycles. The van der Waals surface area contributed by atoms with Gasteiger partial charge in [-0.1, -0.05) is 25.7 Å². The highest BCUT2D eigenvalue weighted by molar-refractivity contribution is 5.79. The average molecular weight is 293 g/mol. The fourth-order valence-corrected chi connectivity index (χ4v) is 3.67.